The van der Waals surface area contributed by atoms with Gasteiger partial charge in [0, 0.05) is 43.6 Å². The van der Waals surface area contributed by atoms with E-state index in [2.05, 4.69) is 45.4 Å². The van der Waals surface area contributed by atoms with Crippen molar-refractivity contribution >= 4 is 30.0 Å². The summed E-state index contributed by atoms with van der Waals surface area (Å²) in [5.41, 5.74) is 8.51. The maximum absolute atomic E-state index is 14.0. The molecule has 1 aromatic heterocycles. The van der Waals surface area contributed by atoms with E-state index in [-0.39, 0.29) is 17.9 Å². The zero-order valence-corrected chi connectivity index (χ0v) is 19.5. The highest BCUT2D eigenvalue weighted by Gasteiger charge is 2.21. The first kappa shape index (κ1) is 25.5. The van der Waals surface area contributed by atoms with Gasteiger partial charge in [0.1, 0.15) is 23.2 Å². The Morgan fingerprint density at radius 2 is 1.94 bits per heavy atom. The van der Waals surface area contributed by atoms with Crippen molar-refractivity contribution in [2.24, 2.45) is 15.7 Å². The highest BCUT2D eigenvalue weighted by Crippen LogP contribution is 2.25. The van der Waals surface area contributed by atoms with Crippen LogP contribution in [0.25, 0.3) is 6.08 Å². The predicted octanol–water partition coefficient (Wildman–Crippen LogP) is 4.01. The summed E-state index contributed by atoms with van der Waals surface area (Å²) in [5, 5.41) is 6.02. The second-order valence-electron chi connectivity index (χ2n) is 7.69. The zero-order valence-electron chi connectivity index (χ0n) is 19.5. The van der Waals surface area contributed by atoms with Gasteiger partial charge in [0.25, 0.3) is 0 Å². The number of hydrogen-bond donors (Lipinski definition) is 3. The highest BCUT2D eigenvalue weighted by molar-refractivity contribution is 6.06. The van der Waals surface area contributed by atoms with Crippen LogP contribution in [0.4, 0.5) is 20.2 Å². The molecule has 0 atom stereocenters. The minimum Gasteiger partial charge on any atom is -0.405 e. The van der Waals surface area contributed by atoms with Gasteiger partial charge < -0.3 is 21.3 Å². The average molecular weight is 478 g/mol. The Hall–Kier alpha value is -4.11. The number of piperazine rings is 1. The van der Waals surface area contributed by atoms with E-state index in [9.17, 15) is 8.78 Å². The third-order valence-electron chi connectivity index (χ3n) is 5.32. The molecule has 1 aromatic carbocycles. The Morgan fingerprint density at radius 3 is 2.57 bits per heavy atom. The summed E-state index contributed by atoms with van der Waals surface area (Å²) in [5.74, 6) is -0.705. The molecular weight excluding hydrogens is 448 g/mol. The first-order valence-corrected chi connectivity index (χ1v) is 11.0. The van der Waals surface area contributed by atoms with Crippen molar-refractivity contribution in [2.45, 2.75) is 0 Å². The van der Waals surface area contributed by atoms with E-state index in [1.807, 2.05) is 0 Å². The number of hydrogen-bond acceptors (Lipinski definition) is 6. The maximum Gasteiger partial charge on any atom is 0.149 e. The minimum atomic E-state index is -0.714. The SMILES string of the molecule is C=Cc1cncc(N=C)c1C(=NCC(/C=C\N)=C/C(=C)Nc1c(F)cccc1F)N1CCNCC1. The Bertz CT molecular complexity index is 1130. The van der Waals surface area contributed by atoms with E-state index < -0.39 is 11.6 Å². The van der Waals surface area contributed by atoms with Crippen molar-refractivity contribution in [3.63, 3.8) is 0 Å². The van der Waals surface area contributed by atoms with Gasteiger partial charge in [0.05, 0.1) is 24.0 Å². The second-order valence-corrected chi connectivity index (χ2v) is 7.69. The molecule has 1 saturated heterocycles. The first-order valence-electron chi connectivity index (χ1n) is 11.0. The summed E-state index contributed by atoms with van der Waals surface area (Å²) in [6.45, 7) is 14.8. The number of rotatable bonds is 9. The summed E-state index contributed by atoms with van der Waals surface area (Å²) < 4.78 is 28.1. The molecule has 4 N–H and O–H groups in total. The molecule has 2 heterocycles. The number of benzene rings is 1. The number of allylic oxidation sites excluding steroid dienone is 1. The molecule has 7 nitrogen and oxygen atoms in total. The number of aliphatic imine (C=N–C) groups is 2. The van der Waals surface area contributed by atoms with Gasteiger partial charge in [-0.3, -0.25) is 15.0 Å². The van der Waals surface area contributed by atoms with E-state index in [4.69, 9.17) is 10.7 Å². The number of nitrogens with two attached hydrogens (primary N) is 1. The van der Waals surface area contributed by atoms with Crippen molar-refractivity contribution in [3.8, 4) is 0 Å². The number of amidine groups is 1. The molecule has 9 heteroatoms. The van der Waals surface area contributed by atoms with E-state index in [1.165, 1.54) is 24.4 Å². The third-order valence-corrected chi connectivity index (χ3v) is 5.32. The molecule has 1 aliphatic rings. The van der Waals surface area contributed by atoms with Crippen molar-refractivity contribution in [1.29, 1.82) is 0 Å². The molecule has 0 aliphatic carbocycles. The fourth-order valence-electron chi connectivity index (χ4n) is 3.67. The third kappa shape index (κ3) is 6.48. The molecular formula is C26H29F2N7. The van der Waals surface area contributed by atoms with E-state index in [1.54, 1.807) is 30.6 Å². The minimum absolute atomic E-state index is 0.225. The molecule has 0 spiro atoms. The van der Waals surface area contributed by atoms with E-state index in [0.717, 1.165) is 43.1 Å². The van der Waals surface area contributed by atoms with Crippen LogP contribution in [0, 0.1) is 11.6 Å². The quantitative estimate of drug-likeness (QED) is 0.288. The molecule has 0 bridgehead atoms. The lowest BCUT2D eigenvalue weighted by Crippen LogP contribution is -2.47. The van der Waals surface area contributed by atoms with Gasteiger partial charge in [-0.1, -0.05) is 25.3 Å². The Labute approximate surface area is 204 Å². The molecule has 182 valence electrons. The first-order chi connectivity index (χ1) is 17.0. The van der Waals surface area contributed by atoms with Crippen LogP contribution in [0.5, 0.6) is 0 Å². The molecule has 0 amide bonds. The van der Waals surface area contributed by atoms with Crippen LogP contribution in [-0.2, 0) is 0 Å². The number of para-hydroxylation sites is 1. The Kier molecular flexibility index (Phi) is 9.02. The number of anilines is 1. The van der Waals surface area contributed by atoms with Crippen molar-refractivity contribution < 1.29 is 8.78 Å². The number of nitrogens with zero attached hydrogens (tertiary/aromatic N) is 4. The molecule has 2 aromatic rings. The molecule has 35 heavy (non-hydrogen) atoms. The summed E-state index contributed by atoms with van der Waals surface area (Å²) in [6, 6.07) is 3.64. The topological polar surface area (TPSA) is 90.9 Å². The fraction of sp³-hybridized carbons (Fsp3) is 0.192. The number of halogens is 2. The van der Waals surface area contributed by atoms with Crippen LogP contribution < -0.4 is 16.4 Å². The maximum atomic E-state index is 14.0. The molecule has 1 fully saturated rings. The van der Waals surface area contributed by atoms with Gasteiger partial charge in [-0.05, 0) is 42.8 Å². The zero-order chi connectivity index (χ0) is 25.2. The van der Waals surface area contributed by atoms with E-state index in [0.29, 0.717) is 11.3 Å². The van der Waals surface area contributed by atoms with Crippen molar-refractivity contribution in [3.05, 3.63) is 96.1 Å². The van der Waals surface area contributed by atoms with Crippen LogP contribution in [0.15, 0.2) is 83.4 Å². The monoisotopic (exact) mass is 477 g/mol. The lowest BCUT2D eigenvalue weighted by atomic mass is 10.1. The predicted molar refractivity (Wildman–Crippen MR) is 140 cm³/mol. The van der Waals surface area contributed by atoms with Gasteiger partial charge in [-0.2, -0.15) is 0 Å². The average Bonchev–Trinajstić information content (AvgIpc) is 2.87. The van der Waals surface area contributed by atoms with Crippen LogP contribution in [-0.4, -0.2) is 55.2 Å². The number of nitrogens with one attached hydrogen (secondary N) is 2. The van der Waals surface area contributed by atoms with Gasteiger partial charge in [0.2, 0.25) is 0 Å². The second kappa shape index (κ2) is 12.4. The molecule has 3 rings (SSSR count). The smallest absolute Gasteiger partial charge is 0.149 e. The van der Waals surface area contributed by atoms with Crippen LogP contribution in [0.2, 0.25) is 0 Å². The molecule has 0 unspecified atom stereocenters. The van der Waals surface area contributed by atoms with Gasteiger partial charge in [-0.15, -0.1) is 0 Å². The van der Waals surface area contributed by atoms with Gasteiger partial charge in [-0.25, -0.2) is 8.78 Å². The Morgan fingerprint density at radius 1 is 1.23 bits per heavy atom. The van der Waals surface area contributed by atoms with E-state index >= 15 is 0 Å². The molecule has 0 saturated carbocycles. The number of aromatic nitrogens is 1. The van der Waals surface area contributed by atoms with Gasteiger partial charge >= 0.3 is 0 Å². The lowest BCUT2D eigenvalue weighted by Gasteiger charge is -2.31. The number of pyridine rings is 1. The summed E-state index contributed by atoms with van der Waals surface area (Å²) >= 11 is 0. The largest absolute Gasteiger partial charge is 0.405 e. The summed E-state index contributed by atoms with van der Waals surface area (Å²) in [6.07, 6.45) is 9.73. The fourth-order valence-corrected chi connectivity index (χ4v) is 3.67. The van der Waals surface area contributed by atoms with Gasteiger partial charge in [0.15, 0.2) is 0 Å². The van der Waals surface area contributed by atoms with Crippen LogP contribution in [0.1, 0.15) is 11.1 Å². The molecule has 1 aliphatic heterocycles. The van der Waals surface area contributed by atoms with Crippen molar-refractivity contribution in [2.75, 3.05) is 38.0 Å². The normalized spacial score (nSPS) is 14.7. The summed E-state index contributed by atoms with van der Waals surface area (Å²) in [7, 11) is 0. The van der Waals surface area contributed by atoms with Crippen molar-refractivity contribution in [1.82, 2.24) is 15.2 Å². The lowest BCUT2D eigenvalue weighted by molar-refractivity contribution is 0.357. The highest BCUT2D eigenvalue weighted by atomic mass is 19.1. The van der Waals surface area contributed by atoms with Crippen LogP contribution >= 0.6 is 0 Å². The Balaban J connectivity index is 1.97. The summed E-state index contributed by atoms with van der Waals surface area (Å²) in [4.78, 5) is 15.4. The van der Waals surface area contributed by atoms with Crippen LogP contribution in [0.3, 0.4) is 0 Å². The standard InChI is InChI=1S/C26H29F2N7/c1-4-20-16-32-17-23(30-3)24(20)26(35-12-10-31-11-13-35)33-15-19(8-9-29)14-18(2)34-25-21(27)6-5-7-22(25)28/h4-9,14,16-17,31,34H,1-3,10-13,15,29H2/b9-8-,19-14+,33-26?. The molecule has 0 radical (unpaired) electrons.